The molecule has 0 unspecified atom stereocenters. The number of alkyl carbamates (subject to hydrolysis) is 1. The number of nitrogens with one attached hydrogen (secondary N) is 2. The summed E-state index contributed by atoms with van der Waals surface area (Å²) in [6.07, 6.45) is 3.93. The number of carbonyl (C=O) groups is 2. The molecule has 3 rings (SSSR count). The van der Waals surface area contributed by atoms with E-state index in [0.29, 0.717) is 48.6 Å². The van der Waals surface area contributed by atoms with Crippen LogP contribution in [0.15, 0.2) is 17.9 Å². The third kappa shape index (κ3) is 4.21. The molecule has 2 aliphatic rings. The number of halogens is 1. The van der Waals surface area contributed by atoms with Gasteiger partial charge in [-0.2, -0.15) is 0 Å². The minimum atomic E-state index is -0.692. The van der Waals surface area contributed by atoms with Crippen LogP contribution in [-0.2, 0) is 27.1 Å². The number of amides is 2. The minimum absolute atomic E-state index is 0.148. The summed E-state index contributed by atoms with van der Waals surface area (Å²) in [6, 6.07) is 3.79. The molecule has 0 bridgehead atoms. The van der Waals surface area contributed by atoms with Crippen LogP contribution < -0.4 is 10.6 Å². The highest BCUT2D eigenvalue weighted by Gasteiger charge is 2.50. The molecule has 1 heterocycles. The van der Waals surface area contributed by atoms with E-state index in [2.05, 4.69) is 10.6 Å². The van der Waals surface area contributed by atoms with Crippen molar-refractivity contribution in [1.82, 2.24) is 10.6 Å². The number of rotatable bonds is 6. The SMILES string of the molecule is CCNC(=O)OC1=C(c2c(CC)cc(Cl)cc2CC)C(=O)N[C@]12CC[C@@H](OC)CC2. The lowest BCUT2D eigenvalue weighted by Crippen LogP contribution is -2.49. The van der Waals surface area contributed by atoms with Gasteiger partial charge >= 0.3 is 6.09 Å². The van der Waals surface area contributed by atoms with E-state index in [-0.39, 0.29) is 12.0 Å². The first kappa shape index (κ1) is 22.6. The Morgan fingerprint density at radius 1 is 1.20 bits per heavy atom. The Balaban J connectivity index is 2.18. The molecular formula is C23H31ClN2O4. The zero-order valence-electron chi connectivity index (χ0n) is 18.2. The predicted molar refractivity (Wildman–Crippen MR) is 117 cm³/mol. The average Bonchev–Trinajstić information content (AvgIpc) is 2.98. The molecule has 7 heteroatoms. The summed E-state index contributed by atoms with van der Waals surface area (Å²) in [5, 5.41) is 6.50. The molecule has 0 saturated heterocycles. The van der Waals surface area contributed by atoms with Crippen LogP contribution >= 0.6 is 11.6 Å². The predicted octanol–water partition coefficient (Wildman–Crippen LogP) is 4.38. The molecule has 1 spiro atoms. The van der Waals surface area contributed by atoms with Crippen molar-refractivity contribution < 1.29 is 19.1 Å². The van der Waals surface area contributed by atoms with Gasteiger partial charge in [0.05, 0.1) is 17.2 Å². The van der Waals surface area contributed by atoms with Gasteiger partial charge in [-0.25, -0.2) is 4.79 Å². The van der Waals surface area contributed by atoms with Crippen molar-refractivity contribution in [2.75, 3.05) is 13.7 Å². The lowest BCUT2D eigenvalue weighted by Gasteiger charge is -2.37. The maximum absolute atomic E-state index is 13.3. The second-order valence-electron chi connectivity index (χ2n) is 7.90. The highest BCUT2D eigenvalue weighted by Crippen LogP contribution is 2.45. The lowest BCUT2D eigenvalue weighted by molar-refractivity contribution is -0.116. The van der Waals surface area contributed by atoms with Crippen LogP contribution in [0, 0.1) is 0 Å². The zero-order valence-corrected chi connectivity index (χ0v) is 18.9. The summed E-state index contributed by atoms with van der Waals surface area (Å²) >= 11 is 6.33. The van der Waals surface area contributed by atoms with Gasteiger partial charge in [0.2, 0.25) is 0 Å². The molecule has 164 valence electrons. The Morgan fingerprint density at radius 2 is 1.80 bits per heavy atom. The third-order valence-corrected chi connectivity index (χ3v) is 6.37. The second kappa shape index (κ2) is 9.40. The maximum Gasteiger partial charge on any atom is 0.412 e. The molecule has 1 aliphatic carbocycles. The maximum atomic E-state index is 13.3. The topological polar surface area (TPSA) is 76.7 Å². The van der Waals surface area contributed by atoms with Gasteiger partial charge in [-0.05, 0) is 74.3 Å². The number of methoxy groups -OCH3 is 1. The van der Waals surface area contributed by atoms with Crippen molar-refractivity contribution in [1.29, 1.82) is 0 Å². The van der Waals surface area contributed by atoms with E-state index in [1.807, 2.05) is 32.9 Å². The zero-order chi connectivity index (χ0) is 21.9. The van der Waals surface area contributed by atoms with E-state index in [9.17, 15) is 9.59 Å². The van der Waals surface area contributed by atoms with Gasteiger partial charge in [-0.1, -0.05) is 25.4 Å². The molecule has 1 aromatic carbocycles. The molecule has 6 nitrogen and oxygen atoms in total. The van der Waals surface area contributed by atoms with Gasteiger partial charge in [-0.3, -0.25) is 4.79 Å². The quantitative estimate of drug-likeness (QED) is 0.696. The first-order valence-electron chi connectivity index (χ1n) is 10.8. The second-order valence-corrected chi connectivity index (χ2v) is 8.34. The standard InChI is InChI=1S/C23H31ClN2O4/c1-5-14-12-16(24)13-15(6-2)18(14)19-20(30-22(28)25-7-3)23(26-21(19)27)10-8-17(29-4)9-11-23/h12-13,17H,5-11H2,1-4H3,(H,25,28)(H,26,27)/t17-,23+. The third-order valence-electron chi connectivity index (χ3n) is 6.16. The molecule has 1 fully saturated rings. The van der Waals surface area contributed by atoms with Crippen molar-refractivity contribution in [3.8, 4) is 0 Å². The van der Waals surface area contributed by atoms with E-state index in [1.54, 1.807) is 7.11 Å². The van der Waals surface area contributed by atoms with Gasteiger partial charge in [-0.15, -0.1) is 0 Å². The van der Waals surface area contributed by atoms with Gasteiger partial charge in [0.25, 0.3) is 5.91 Å². The fraction of sp³-hybridized carbons (Fsp3) is 0.565. The van der Waals surface area contributed by atoms with Crippen LogP contribution in [0.1, 0.15) is 63.1 Å². The smallest absolute Gasteiger partial charge is 0.411 e. The highest BCUT2D eigenvalue weighted by molar-refractivity contribution is 6.31. The van der Waals surface area contributed by atoms with Crippen LogP contribution in [0.5, 0.6) is 0 Å². The van der Waals surface area contributed by atoms with Crippen LogP contribution in [-0.4, -0.2) is 37.3 Å². The Kier molecular flexibility index (Phi) is 7.09. The number of benzene rings is 1. The van der Waals surface area contributed by atoms with Crippen LogP contribution in [0.4, 0.5) is 4.79 Å². The Hall–Kier alpha value is -2.05. The fourth-order valence-corrected chi connectivity index (χ4v) is 4.87. The van der Waals surface area contributed by atoms with E-state index in [1.165, 1.54) is 0 Å². The van der Waals surface area contributed by atoms with Gasteiger partial charge < -0.3 is 20.1 Å². The molecule has 0 aromatic heterocycles. The van der Waals surface area contributed by atoms with E-state index < -0.39 is 11.6 Å². The van der Waals surface area contributed by atoms with E-state index in [4.69, 9.17) is 21.1 Å². The molecule has 0 atom stereocenters. The molecule has 2 N–H and O–H groups in total. The Labute approximate surface area is 183 Å². The summed E-state index contributed by atoms with van der Waals surface area (Å²) in [5.74, 6) is 0.233. The largest absolute Gasteiger partial charge is 0.412 e. The fourth-order valence-electron chi connectivity index (χ4n) is 4.60. The van der Waals surface area contributed by atoms with Crippen molar-refractivity contribution >= 4 is 29.2 Å². The molecule has 1 saturated carbocycles. The molecular weight excluding hydrogens is 404 g/mol. The summed E-state index contributed by atoms with van der Waals surface area (Å²) in [6.45, 7) is 6.35. The van der Waals surface area contributed by atoms with Gasteiger partial charge in [0, 0.05) is 18.7 Å². The first-order valence-corrected chi connectivity index (χ1v) is 11.1. The van der Waals surface area contributed by atoms with E-state index in [0.717, 1.165) is 29.5 Å². The Morgan fingerprint density at radius 3 is 2.30 bits per heavy atom. The molecule has 1 aliphatic heterocycles. The van der Waals surface area contributed by atoms with Gasteiger partial charge in [0.1, 0.15) is 5.76 Å². The summed E-state index contributed by atoms with van der Waals surface area (Å²) < 4.78 is 11.4. The number of hydrogen-bond acceptors (Lipinski definition) is 4. The molecule has 0 radical (unpaired) electrons. The summed E-state index contributed by atoms with van der Waals surface area (Å²) in [4.78, 5) is 25.8. The van der Waals surface area contributed by atoms with E-state index >= 15 is 0 Å². The van der Waals surface area contributed by atoms with Crippen molar-refractivity contribution in [2.24, 2.45) is 0 Å². The number of aryl methyl sites for hydroxylation is 2. The minimum Gasteiger partial charge on any atom is -0.411 e. The summed E-state index contributed by atoms with van der Waals surface area (Å²) in [7, 11) is 1.71. The average molecular weight is 435 g/mol. The van der Waals surface area contributed by atoms with Crippen LogP contribution in [0.3, 0.4) is 0 Å². The molecule has 2 amide bonds. The molecule has 30 heavy (non-hydrogen) atoms. The lowest BCUT2D eigenvalue weighted by atomic mass is 9.78. The van der Waals surface area contributed by atoms with Gasteiger partial charge in [0.15, 0.2) is 0 Å². The normalized spacial score (nSPS) is 23.6. The monoisotopic (exact) mass is 434 g/mol. The van der Waals surface area contributed by atoms with Crippen LogP contribution in [0.2, 0.25) is 5.02 Å². The highest BCUT2D eigenvalue weighted by atomic mass is 35.5. The summed E-state index contributed by atoms with van der Waals surface area (Å²) in [5.41, 5.74) is 2.56. The van der Waals surface area contributed by atoms with Crippen molar-refractivity contribution in [3.63, 3.8) is 0 Å². The number of ether oxygens (including phenoxy) is 2. The van der Waals surface area contributed by atoms with Crippen molar-refractivity contribution in [2.45, 2.75) is 70.9 Å². The Bertz CT molecular complexity index is 832. The van der Waals surface area contributed by atoms with Crippen LogP contribution in [0.25, 0.3) is 5.57 Å². The van der Waals surface area contributed by atoms with Crippen molar-refractivity contribution in [3.05, 3.63) is 39.6 Å². The number of carbonyl (C=O) groups excluding carboxylic acids is 2. The first-order chi connectivity index (χ1) is 14.4. The number of hydrogen-bond donors (Lipinski definition) is 2. The molecule has 1 aromatic rings.